The first kappa shape index (κ1) is 19.6. The van der Waals surface area contributed by atoms with E-state index in [-0.39, 0.29) is 15.6 Å². The van der Waals surface area contributed by atoms with Crippen molar-refractivity contribution >= 4 is 23.4 Å². The van der Waals surface area contributed by atoms with E-state index in [1.54, 1.807) is 0 Å². The first-order chi connectivity index (χ1) is 12.3. The number of anilines is 1. The van der Waals surface area contributed by atoms with Gasteiger partial charge in [0.05, 0.1) is 4.75 Å². The molecule has 1 aromatic rings. The predicted octanol–water partition coefficient (Wildman–Crippen LogP) is 3.91. The number of nitrogens with zero attached hydrogens (tertiary/aromatic N) is 2. The van der Waals surface area contributed by atoms with Crippen molar-refractivity contribution in [2.75, 3.05) is 31.1 Å². The molecule has 2 fully saturated rings. The lowest BCUT2D eigenvalue weighted by atomic mass is 10.1. The highest BCUT2D eigenvalue weighted by Gasteiger charge is 2.52. The molecule has 2 heterocycles. The quantitative estimate of drug-likeness (QED) is 0.846. The Labute approximate surface area is 162 Å². The van der Waals surface area contributed by atoms with Gasteiger partial charge in [0.2, 0.25) is 5.91 Å². The normalized spacial score (nSPS) is 26.2. The Morgan fingerprint density at radius 1 is 1.15 bits per heavy atom. The van der Waals surface area contributed by atoms with Gasteiger partial charge in [-0.25, -0.2) is 0 Å². The minimum absolute atomic E-state index is 0.176. The number of carbonyl (C=O) groups is 1. The summed E-state index contributed by atoms with van der Waals surface area (Å²) in [5, 5.41) is 3.37. The minimum atomic E-state index is -0.349. The Hall–Kier alpha value is -1.20. The van der Waals surface area contributed by atoms with Crippen LogP contribution in [0.25, 0.3) is 0 Å². The number of aryl methyl sites for hydroxylation is 1. The zero-order chi connectivity index (χ0) is 18.9. The van der Waals surface area contributed by atoms with Crippen molar-refractivity contribution in [3.63, 3.8) is 0 Å². The third-order valence-electron chi connectivity index (χ3n) is 5.86. The summed E-state index contributed by atoms with van der Waals surface area (Å²) >= 11 is 1.82. The van der Waals surface area contributed by atoms with Gasteiger partial charge in [-0.05, 0) is 57.7 Å². The van der Waals surface area contributed by atoms with Crippen molar-refractivity contribution in [2.24, 2.45) is 0 Å². The molecule has 1 aromatic carbocycles. The van der Waals surface area contributed by atoms with Gasteiger partial charge < -0.3 is 10.2 Å². The van der Waals surface area contributed by atoms with Crippen LogP contribution in [-0.2, 0) is 4.79 Å². The summed E-state index contributed by atoms with van der Waals surface area (Å²) in [5.74, 6) is 0.176. The summed E-state index contributed by atoms with van der Waals surface area (Å²) in [6, 6.07) is 6.57. The first-order valence-corrected chi connectivity index (χ1v) is 10.7. The van der Waals surface area contributed by atoms with Crippen molar-refractivity contribution in [1.29, 1.82) is 0 Å². The van der Waals surface area contributed by atoms with E-state index in [9.17, 15) is 4.79 Å². The Kier molecular flexibility index (Phi) is 5.59. The van der Waals surface area contributed by atoms with Gasteiger partial charge in [0.25, 0.3) is 0 Å². The maximum absolute atomic E-state index is 12.5. The molecule has 2 aliphatic heterocycles. The van der Waals surface area contributed by atoms with Crippen molar-refractivity contribution in [1.82, 2.24) is 10.2 Å². The van der Waals surface area contributed by atoms with Crippen LogP contribution in [0.3, 0.4) is 0 Å². The SMILES string of the molecule is CCCCC1(N2CCN(c3cccc(C)c3C)CC2)NC(=O)C(C)(C)S1. The molecule has 1 N–H and O–H groups in total. The molecular formula is C21H33N3OS. The highest BCUT2D eigenvalue weighted by atomic mass is 32.2. The van der Waals surface area contributed by atoms with Crippen LogP contribution in [-0.4, -0.2) is 46.7 Å². The number of unbranched alkanes of at least 4 members (excludes halogenated alkanes) is 1. The van der Waals surface area contributed by atoms with E-state index in [4.69, 9.17) is 0 Å². The molecule has 1 unspecified atom stereocenters. The molecule has 4 nitrogen and oxygen atoms in total. The van der Waals surface area contributed by atoms with Crippen LogP contribution < -0.4 is 10.2 Å². The van der Waals surface area contributed by atoms with E-state index in [0.29, 0.717) is 0 Å². The summed E-state index contributed by atoms with van der Waals surface area (Å²) in [4.78, 5) is 17.3. The van der Waals surface area contributed by atoms with Crippen molar-refractivity contribution in [3.8, 4) is 0 Å². The van der Waals surface area contributed by atoms with Crippen LogP contribution in [0.4, 0.5) is 5.69 Å². The monoisotopic (exact) mass is 375 g/mol. The molecule has 0 saturated carbocycles. The van der Waals surface area contributed by atoms with Crippen molar-refractivity contribution < 1.29 is 4.79 Å². The first-order valence-electron chi connectivity index (χ1n) is 9.88. The zero-order valence-corrected chi connectivity index (χ0v) is 17.7. The summed E-state index contributed by atoms with van der Waals surface area (Å²) in [6.45, 7) is 14.7. The highest BCUT2D eigenvalue weighted by Crippen LogP contribution is 2.46. The fraction of sp³-hybridized carbons (Fsp3) is 0.667. The number of benzene rings is 1. The average molecular weight is 376 g/mol. The number of nitrogens with one attached hydrogen (secondary N) is 1. The molecule has 144 valence electrons. The maximum Gasteiger partial charge on any atom is 0.237 e. The lowest BCUT2D eigenvalue weighted by molar-refractivity contribution is -0.124. The van der Waals surface area contributed by atoms with E-state index in [1.165, 1.54) is 16.8 Å². The van der Waals surface area contributed by atoms with Gasteiger partial charge in [-0.2, -0.15) is 0 Å². The molecule has 0 bridgehead atoms. The van der Waals surface area contributed by atoms with Crippen molar-refractivity contribution in [2.45, 2.75) is 63.6 Å². The van der Waals surface area contributed by atoms with Crippen LogP contribution >= 0.6 is 11.8 Å². The summed E-state index contributed by atoms with van der Waals surface area (Å²) < 4.78 is -0.349. The van der Waals surface area contributed by atoms with E-state index in [2.05, 4.69) is 54.1 Å². The van der Waals surface area contributed by atoms with Gasteiger partial charge in [-0.3, -0.25) is 9.69 Å². The smallest absolute Gasteiger partial charge is 0.237 e. The molecule has 26 heavy (non-hydrogen) atoms. The van der Waals surface area contributed by atoms with Crippen LogP contribution in [0.1, 0.15) is 51.2 Å². The highest BCUT2D eigenvalue weighted by molar-refractivity contribution is 8.03. The molecule has 0 radical (unpaired) electrons. The van der Waals surface area contributed by atoms with E-state index in [0.717, 1.165) is 45.4 Å². The van der Waals surface area contributed by atoms with Crippen LogP contribution in [0.5, 0.6) is 0 Å². The topological polar surface area (TPSA) is 35.6 Å². The van der Waals surface area contributed by atoms with Crippen LogP contribution in [0, 0.1) is 13.8 Å². The lowest BCUT2D eigenvalue weighted by Gasteiger charge is -2.46. The van der Waals surface area contributed by atoms with Gasteiger partial charge in [-0.15, -0.1) is 11.8 Å². The number of piperazine rings is 1. The van der Waals surface area contributed by atoms with Crippen molar-refractivity contribution in [3.05, 3.63) is 29.3 Å². The molecular weight excluding hydrogens is 342 g/mol. The predicted molar refractivity (Wildman–Crippen MR) is 112 cm³/mol. The molecule has 1 atom stereocenters. The fourth-order valence-corrected chi connectivity index (χ4v) is 5.73. The number of thioether (sulfide) groups is 1. The number of hydrogen-bond acceptors (Lipinski definition) is 4. The van der Waals surface area contributed by atoms with Gasteiger partial charge >= 0.3 is 0 Å². The minimum Gasteiger partial charge on any atom is -0.369 e. The average Bonchev–Trinajstić information content (AvgIpc) is 2.86. The Morgan fingerprint density at radius 3 is 2.42 bits per heavy atom. The van der Waals surface area contributed by atoms with E-state index in [1.807, 2.05) is 25.6 Å². The van der Waals surface area contributed by atoms with Gasteiger partial charge in [0.15, 0.2) is 0 Å². The second-order valence-electron chi connectivity index (χ2n) is 8.15. The number of rotatable bonds is 5. The largest absolute Gasteiger partial charge is 0.369 e. The molecule has 2 aliphatic rings. The molecule has 0 spiro atoms. The second-order valence-corrected chi connectivity index (χ2v) is 10.0. The molecule has 0 aromatic heterocycles. The van der Waals surface area contributed by atoms with Crippen LogP contribution in [0.15, 0.2) is 18.2 Å². The molecule has 0 aliphatic carbocycles. The second kappa shape index (κ2) is 7.43. The number of hydrogen-bond donors (Lipinski definition) is 1. The molecule has 1 amide bonds. The van der Waals surface area contributed by atoms with E-state index < -0.39 is 0 Å². The molecule has 3 rings (SSSR count). The fourth-order valence-electron chi connectivity index (χ4n) is 4.04. The zero-order valence-electron chi connectivity index (χ0n) is 16.9. The standard InChI is InChI=1S/C21H33N3OS/c1-6-7-11-21(22-19(25)20(4,5)26-21)24-14-12-23(13-15-24)18-10-8-9-16(2)17(18)3/h8-10H,6-7,11-15H2,1-5H3,(H,22,25). The Morgan fingerprint density at radius 2 is 1.85 bits per heavy atom. The van der Waals surface area contributed by atoms with Gasteiger partial charge in [0.1, 0.15) is 4.99 Å². The molecule has 2 saturated heterocycles. The summed E-state index contributed by atoms with van der Waals surface area (Å²) in [5.41, 5.74) is 4.09. The number of carbonyl (C=O) groups excluding carboxylic acids is 1. The van der Waals surface area contributed by atoms with Crippen LogP contribution in [0.2, 0.25) is 0 Å². The van der Waals surface area contributed by atoms with E-state index >= 15 is 0 Å². The van der Waals surface area contributed by atoms with Gasteiger partial charge in [0, 0.05) is 31.9 Å². The summed E-state index contributed by atoms with van der Waals surface area (Å²) in [6.07, 6.45) is 3.31. The maximum atomic E-state index is 12.5. The van der Waals surface area contributed by atoms with Gasteiger partial charge in [-0.1, -0.05) is 25.5 Å². The molecule has 5 heteroatoms. The third kappa shape index (κ3) is 3.61. The summed E-state index contributed by atoms with van der Waals surface area (Å²) in [7, 11) is 0. The number of amides is 1. The Bertz CT molecular complexity index is 667. The Balaban J connectivity index is 1.74. The lowest BCUT2D eigenvalue weighted by Crippen LogP contribution is -2.60. The third-order valence-corrected chi connectivity index (χ3v) is 7.45.